The van der Waals surface area contributed by atoms with Crippen molar-refractivity contribution in [1.29, 1.82) is 0 Å². The van der Waals surface area contributed by atoms with Gasteiger partial charge in [0.1, 0.15) is 47.5 Å². The molecule has 0 unspecified atom stereocenters. The monoisotopic (exact) mass is 703 g/mol. The van der Waals surface area contributed by atoms with E-state index < -0.39 is 36.0 Å². The summed E-state index contributed by atoms with van der Waals surface area (Å²) in [4.78, 5) is 25.6. The molecule has 3 heterocycles. The maximum absolute atomic E-state index is 12.7. The number of carbonyl (C=O) groups is 1. The SMILES string of the molecule is COc1ccc(C(OC[C@H]2O[C@@H](n3cnc4c(NC(=O)COc5ccccc5)ncnc43)[C@H](O)[C@@H]2O)(c2ccccc2)c2ccc(OC)cc2)cc1. The van der Waals surface area contributed by atoms with E-state index in [1.54, 1.807) is 26.4 Å². The first-order chi connectivity index (χ1) is 25.4. The molecule has 52 heavy (non-hydrogen) atoms. The number of amides is 1. The highest BCUT2D eigenvalue weighted by molar-refractivity contribution is 5.97. The van der Waals surface area contributed by atoms with E-state index in [1.807, 2.05) is 97.1 Å². The van der Waals surface area contributed by atoms with E-state index in [-0.39, 0.29) is 30.2 Å². The zero-order chi connectivity index (χ0) is 36.1. The van der Waals surface area contributed by atoms with Crippen molar-refractivity contribution in [1.82, 2.24) is 19.5 Å². The van der Waals surface area contributed by atoms with E-state index in [0.717, 1.165) is 16.7 Å². The summed E-state index contributed by atoms with van der Waals surface area (Å²) >= 11 is 0. The van der Waals surface area contributed by atoms with Gasteiger partial charge in [-0.25, -0.2) is 15.0 Å². The summed E-state index contributed by atoms with van der Waals surface area (Å²) in [5.74, 6) is 1.62. The molecule has 1 saturated heterocycles. The Hall–Kier alpha value is -5.86. The van der Waals surface area contributed by atoms with Crippen LogP contribution in [0, 0.1) is 0 Å². The number of methoxy groups -OCH3 is 2. The first kappa shape index (κ1) is 34.6. The van der Waals surface area contributed by atoms with Crippen LogP contribution in [0.3, 0.4) is 0 Å². The van der Waals surface area contributed by atoms with Crippen molar-refractivity contribution in [2.45, 2.75) is 30.1 Å². The number of fused-ring (bicyclic) bond motifs is 1. The Balaban J connectivity index is 1.15. The molecule has 0 saturated carbocycles. The minimum atomic E-state index is -1.37. The second-order valence-corrected chi connectivity index (χ2v) is 12.1. The lowest BCUT2D eigenvalue weighted by Crippen LogP contribution is -2.39. The van der Waals surface area contributed by atoms with E-state index in [2.05, 4.69) is 20.3 Å². The van der Waals surface area contributed by atoms with Crippen LogP contribution < -0.4 is 19.5 Å². The van der Waals surface area contributed by atoms with Gasteiger partial charge in [0.25, 0.3) is 5.91 Å². The standard InChI is InChI=1S/C39H37N5O8/c1-48-28-17-13-26(14-18-28)39(25-9-5-3-6-10-25,27-15-19-29(49-2)20-16-27)51-21-31-34(46)35(47)38(52-31)44-24-42-33-36(40-23-41-37(33)44)43-32(45)22-50-30-11-7-4-8-12-30/h3-20,23-24,31,34-35,38,46-47H,21-22H2,1-2H3,(H,40,41,43,45)/t31-,34-,35-,38-/m1/s1. The topological polar surface area (TPSA) is 159 Å². The lowest BCUT2D eigenvalue weighted by atomic mass is 9.80. The van der Waals surface area contributed by atoms with Crippen LogP contribution in [0.4, 0.5) is 5.82 Å². The number of rotatable bonds is 13. The van der Waals surface area contributed by atoms with Gasteiger partial charge in [-0.15, -0.1) is 0 Å². The fourth-order valence-electron chi connectivity index (χ4n) is 6.34. The molecule has 1 fully saturated rings. The second-order valence-electron chi connectivity index (χ2n) is 12.1. The summed E-state index contributed by atoms with van der Waals surface area (Å²) in [5.41, 5.74) is 1.81. The molecule has 6 aromatic rings. The molecule has 0 radical (unpaired) electrons. The highest BCUT2D eigenvalue weighted by Gasteiger charge is 2.47. The fraction of sp³-hybridized carbons (Fsp3) is 0.231. The number of nitrogens with zero attached hydrogens (tertiary/aromatic N) is 4. The number of anilines is 1. The van der Waals surface area contributed by atoms with Gasteiger partial charge in [0.15, 0.2) is 29.8 Å². The molecule has 1 aliphatic heterocycles. The van der Waals surface area contributed by atoms with Gasteiger partial charge in [-0.2, -0.15) is 0 Å². The van der Waals surface area contributed by atoms with Gasteiger partial charge in [-0.05, 0) is 53.1 Å². The van der Waals surface area contributed by atoms with Crippen molar-refractivity contribution in [3.8, 4) is 17.2 Å². The number of hydrogen-bond acceptors (Lipinski definition) is 11. The number of hydrogen-bond donors (Lipinski definition) is 3. The number of carbonyl (C=O) groups excluding carboxylic acids is 1. The number of imidazole rings is 1. The second kappa shape index (κ2) is 15.2. The van der Waals surface area contributed by atoms with E-state index >= 15 is 0 Å². The van der Waals surface area contributed by atoms with Crippen LogP contribution in [0.15, 0.2) is 122 Å². The third-order valence-corrected chi connectivity index (χ3v) is 8.98. The molecule has 1 aliphatic rings. The predicted molar refractivity (Wildman–Crippen MR) is 190 cm³/mol. The number of aliphatic hydroxyl groups is 2. The minimum absolute atomic E-state index is 0.119. The van der Waals surface area contributed by atoms with Crippen molar-refractivity contribution in [2.24, 2.45) is 0 Å². The summed E-state index contributed by atoms with van der Waals surface area (Å²) in [6, 6.07) is 33.9. The largest absolute Gasteiger partial charge is 0.497 e. The van der Waals surface area contributed by atoms with Crippen molar-refractivity contribution in [2.75, 3.05) is 32.8 Å². The molecule has 13 nitrogen and oxygen atoms in total. The number of benzene rings is 4. The first-order valence-corrected chi connectivity index (χ1v) is 16.6. The van der Waals surface area contributed by atoms with E-state index in [0.29, 0.717) is 17.2 Å². The molecule has 4 atom stereocenters. The number of aliphatic hydroxyl groups excluding tert-OH is 2. The van der Waals surface area contributed by atoms with Gasteiger partial charge in [0.2, 0.25) is 0 Å². The summed E-state index contributed by atoms with van der Waals surface area (Å²) in [6.45, 7) is -0.363. The highest BCUT2D eigenvalue weighted by atomic mass is 16.6. The Bertz CT molecular complexity index is 2050. The molecular weight excluding hydrogens is 666 g/mol. The lowest BCUT2D eigenvalue weighted by Gasteiger charge is -2.37. The zero-order valence-electron chi connectivity index (χ0n) is 28.4. The predicted octanol–water partition coefficient (Wildman–Crippen LogP) is 4.49. The molecule has 7 rings (SSSR count). The van der Waals surface area contributed by atoms with Gasteiger partial charge in [-0.3, -0.25) is 9.36 Å². The van der Waals surface area contributed by atoms with E-state index in [9.17, 15) is 15.0 Å². The number of para-hydroxylation sites is 1. The van der Waals surface area contributed by atoms with Gasteiger partial charge < -0.3 is 39.2 Å². The Labute approximate surface area is 299 Å². The van der Waals surface area contributed by atoms with Crippen molar-refractivity contribution in [3.63, 3.8) is 0 Å². The molecule has 266 valence electrons. The minimum Gasteiger partial charge on any atom is -0.497 e. The number of aromatic nitrogens is 4. The lowest BCUT2D eigenvalue weighted by molar-refractivity contribution is -0.118. The van der Waals surface area contributed by atoms with Crippen LogP contribution in [-0.2, 0) is 19.9 Å². The Morgan fingerprint density at radius 2 is 1.37 bits per heavy atom. The number of ether oxygens (including phenoxy) is 5. The average Bonchev–Trinajstić information content (AvgIpc) is 3.75. The molecule has 2 aromatic heterocycles. The van der Waals surface area contributed by atoms with Gasteiger partial charge in [-0.1, -0.05) is 72.8 Å². The summed E-state index contributed by atoms with van der Waals surface area (Å²) in [5, 5.41) is 25.4. The Kier molecular flexibility index (Phi) is 10.1. The normalized spacial score (nSPS) is 18.6. The molecule has 1 amide bonds. The molecule has 3 N–H and O–H groups in total. The quantitative estimate of drug-likeness (QED) is 0.146. The molecular formula is C39H37N5O8. The van der Waals surface area contributed by atoms with Crippen LogP contribution in [0.5, 0.6) is 17.2 Å². The smallest absolute Gasteiger partial charge is 0.263 e. The molecule has 4 aromatic carbocycles. The van der Waals surface area contributed by atoms with E-state index in [1.165, 1.54) is 17.2 Å². The van der Waals surface area contributed by atoms with Crippen LogP contribution in [0.2, 0.25) is 0 Å². The maximum atomic E-state index is 12.7. The van der Waals surface area contributed by atoms with Crippen LogP contribution >= 0.6 is 0 Å². The average molecular weight is 704 g/mol. The molecule has 0 aliphatic carbocycles. The molecule has 0 spiro atoms. The summed E-state index contributed by atoms with van der Waals surface area (Å²) < 4.78 is 31.2. The van der Waals surface area contributed by atoms with Crippen molar-refractivity contribution >= 4 is 22.9 Å². The van der Waals surface area contributed by atoms with Gasteiger partial charge in [0.05, 0.1) is 27.2 Å². The van der Waals surface area contributed by atoms with Gasteiger partial charge in [0, 0.05) is 0 Å². The third-order valence-electron chi connectivity index (χ3n) is 8.98. The maximum Gasteiger partial charge on any atom is 0.263 e. The van der Waals surface area contributed by atoms with E-state index in [4.69, 9.17) is 23.7 Å². The first-order valence-electron chi connectivity index (χ1n) is 16.6. The van der Waals surface area contributed by atoms with Crippen molar-refractivity contribution < 1.29 is 38.7 Å². The third kappa shape index (κ3) is 6.77. The highest BCUT2D eigenvalue weighted by Crippen LogP contribution is 2.43. The number of nitrogens with one attached hydrogen (secondary N) is 1. The van der Waals surface area contributed by atoms with Crippen molar-refractivity contribution in [3.05, 3.63) is 139 Å². The Morgan fingerprint density at radius 1 is 0.769 bits per heavy atom. The molecule has 0 bridgehead atoms. The Morgan fingerprint density at radius 3 is 1.98 bits per heavy atom. The van der Waals surface area contributed by atoms with Gasteiger partial charge >= 0.3 is 0 Å². The molecule has 13 heteroatoms. The zero-order valence-corrected chi connectivity index (χ0v) is 28.4. The summed E-state index contributed by atoms with van der Waals surface area (Å²) in [7, 11) is 3.21. The summed E-state index contributed by atoms with van der Waals surface area (Å²) in [6.07, 6.45) is -2.06. The van der Waals surface area contributed by atoms with Crippen LogP contribution in [0.25, 0.3) is 11.2 Å². The fourth-order valence-corrected chi connectivity index (χ4v) is 6.34. The van der Waals surface area contributed by atoms with Crippen LogP contribution in [-0.4, -0.2) is 81.4 Å². The van der Waals surface area contributed by atoms with Crippen LogP contribution in [0.1, 0.15) is 22.9 Å².